The Balaban J connectivity index is 4.69. The predicted molar refractivity (Wildman–Crippen MR) is 58.2 cm³/mol. The Morgan fingerprint density at radius 1 is 1.40 bits per heavy atom. The van der Waals surface area contributed by atoms with Crippen LogP contribution in [0.5, 0.6) is 0 Å². The van der Waals surface area contributed by atoms with Gasteiger partial charge >= 0.3 is 5.97 Å². The minimum atomic E-state index is -3.46. The lowest BCUT2D eigenvalue weighted by molar-refractivity contribution is -0.137. The molecule has 0 aliphatic rings. The third-order valence-corrected chi connectivity index (χ3v) is 4.69. The molecule has 0 aromatic rings. The number of hydrogen-bond acceptors (Lipinski definition) is 3. The molecular formula is C9H19NO4S. The van der Waals surface area contributed by atoms with E-state index in [4.69, 9.17) is 5.11 Å². The van der Waals surface area contributed by atoms with Gasteiger partial charge in [0.1, 0.15) is 6.54 Å². The van der Waals surface area contributed by atoms with Gasteiger partial charge in [-0.15, -0.1) is 0 Å². The van der Waals surface area contributed by atoms with E-state index in [9.17, 15) is 13.2 Å². The highest BCUT2D eigenvalue weighted by atomic mass is 32.2. The van der Waals surface area contributed by atoms with Crippen LogP contribution in [0, 0.1) is 0 Å². The SMILES string of the molecule is CCCC(CC)S(=O)(=O)N(C)CC(=O)O. The average molecular weight is 237 g/mol. The van der Waals surface area contributed by atoms with Crippen LogP contribution in [0.25, 0.3) is 0 Å². The summed E-state index contributed by atoms with van der Waals surface area (Å²) in [5.41, 5.74) is 0. The van der Waals surface area contributed by atoms with Gasteiger partial charge in [-0.1, -0.05) is 20.3 Å². The second-order valence-electron chi connectivity index (χ2n) is 3.51. The Hall–Kier alpha value is -0.620. The van der Waals surface area contributed by atoms with E-state index in [0.29, 0.717) is 12.8 Å². The van der Waals surface area contributed by atoms with Gasteiger partial charge in [-0.05, 0) is 12.8 Å². The van der Waals surface area contributed by atoms with Gasteiger partial charge in [-0.2, -0.15) is 4.31 Å². The van der Waals surface area contributed by atoms with Gasteiger partial charge < -0.3 is 5.11 Å². The number of likely N-dealkylation sites (N-methyl/N-ethyl adjacent to an activating group) is 1. The molecule has 0 radical (unpaired) electrons. The van der Waals surface area contributed by atoms with E-state index in [1.165, 1.54) is 7.05 Å². The number of sulfonamides is 1. The first kappa shape index (κ1) is 14.4. The van der Waals surface area contributed by atoms with Gasteiger partial charge in [0.2, 0.25) is 10.0 Å². The van der Waals surface area contributed by atoms with Crippen LogP contribution >= 0.6 is 0 Å². The van der Waals surface area contributed by atoms with E-state index in [1.54, 1.807) is 6.92 Å². The van der Waals surface area contributed by atoms with Gasteiger partial charge in [0.25, 0.3) is 0 Å². The normalized spacial score (nSPS) is 14.1. The molecule has 0 saturated carbocycles. The quantitative estimate of drug-likeness (QED) is 0.714. The van der Waals surface area contributed by atoms with Crippen LogP contribution in [0.1, 0.15) is 33.1 Å². The van der Waals surface area contributed by atoms with Crippen molar-refractivity contribution in [2.45, 2.75) is 38.4 Å². The molecule has 0 fully saturated rings. The molecule has 1 unspecified atom stereocenters. The zero-order valence-corrected chi connectivity index (χ0v) is 10.2. The van der Waals surface area contributed by atoms with Crippen molar-refractivity contribution in [2.75, 3.05) is 13.6 Å². The van der Waals surface area contributed by atoms with E-state index in [0.717, 1.165) is 10.7 Å². The Morgan fingerprint density at radius 3 is 2.27 bits per heavy atom. The molecule has 0 saturated heterocycles. The highest BCUT2D eigenvalue weighted by Crippen LogP contribution is 2.15. The first-order valence-electron chi connectivity index (χ1n) is 5.03. The summed E-state index contributed by atoms with van der Waals surface area (Å²) in [4.78, 5) is 10.4. The smallest absolute Gasteiger partial charge is 0.318 e. The third kappa shape index (κ3) is 4.17. The third-order valence-electron chi connectivity index (χ3n) is 2.28. The summed E-state index contributed by atoms with van der Waals surface area (Å²) in [6.45, 7) is 3.24. The topological polar surface area (TPSA) is 74.7 Å². The van der Waals surface area contributed by atoms with Crippen molar-refractivity contribution in [2.24, 2.45) is 0 Å². The summed E-state index contributed by atoms with van der Waals surface area (Å²) in [5, 5.41) is 8.06. The van der Waals surface area contributed by atoms with Gasteiger partial charge in [-0.25, -0.2) is 8.42 Å². The molecule has 0 aromatic carbocycles. The fourth-order valence-corrected chi connectivity index (χ4v) is 3.17. The number of aliphatic carboxylic acids is 1. The largest absolute Gasteiger partial charge is 0.480 e. The highest BCUT2D eigenvalue weighted by Gasteiger charge is 2.28. The first-order chi connectivity index (χ1) is 6.86. The number of hydrogen-bond donors (Lipinski definition) is 1. The molecular weight excluding hydrogens is 218 g/mol. The van der Waals surface area contributed by atoms with Crippen LogP contribution in [0.2, 0.25) is 0 Å². The van der Waals surface area contributed by atoms with Crippen molar-refractivity contribution in [3.05, 3.63) is 0 Å². The van der Waals surface area contributed by atoms with Crippen LogP contribution in [-0.2, 0) is 14.8 Å². The van der Waals surface area contributed by atoms with Crippen molar-refractivity contribution < 1.29 is 18.3 Å². The monoisotopic (exact) mass is 237 g/mol. The molecule has 90 valence electrons. The Labute approximate surface area is 91.1 Å². The summed E-state index contributed by atoms with van der Waals surface area (Å²) in [5.74, 6) is -1.13. The molecule has 0 rings (SSSR count). The van der Waals surface area contributed by atoms with E-state index in [-0.39, 0.29) is 0 Å². The fraction of sp³-hybridized carbons (Fsp3) is 0.889. The van der Waals surface area contributed by atoms with Crippen LogP contribution in [0.15, 0.2) is 0 Å². The highest BCUT2D eigenvalue weighted by molar-refractivity contribution is 7.89. The minimum Gasteiger partial charge on any atom is -0.480 e. The standard InChI is InChI=1S/C9H19NO4S/c1-4-6-8(5-2)15(13,14)10(3)7-9(11)12/h8H,4-7H2,1-3H3,(H,11,12). The van der Waals surface area contributed by atoms with E-state index < -0.39 is 27.8 Å². The van der Waals surface area contributed by atoms with Gasteiger partial charge in [0.15, 0.2) is 0 Å². The molecule has 0 bridgehead atoms. The fourth-order valence-electron chi connectivity index (χ4n) is 1.42. The minimum absolute atomic E-state index is 0.466. The first-order valence-corrected chi connectivity index (χ1v) is 6.53. The van der Waals surface area contributed by atoms with Gasteiger partial charge in [-0.3, -0.25) is 4.79 Å². The zero-order valence-electron chi connectivity index (χ0n) is 9.43. The molecule has 5 nitrogen and oxygen atoms in total. The van der Waals surface area contributed by atoms with Crippen molar-refractivity contribution >= 4 is 16.0 Å². The maximum absolute atomic E-state index is 11.8. The lowest BCUT2D eigenvalue weighted by Gasteiger charge is -2.21. The zero-order chi connectivity index (χ0) is 12.1. The van der Waals surface area contributed by atoms with Gasteiger partial charge in [0.05, 0.1) is 5.25 Å². The molecule has 0 aromatic heterocycles. The van der Waals surface area contributed by atoms with Crippen molar-refractivity contribution in [3.8, 4) is 0 Å². The Bertz CT molecular complexity index is 299. The summed E-state index contributed by atoms with van der Waals surface area (Å²) in [6, 6.07) is 0. The molecule has 1 N–H and O–H groups in total. The molecule has 0 amide bonds. The number of nitrogens with zero attached hydrogens (tertiary/aromatic N) is 1. The molecule has 0 heterocycles. The Kier molecular flexibility index (Phi) is 5.82. The molecule has 15 heavy (non-hydrogen) atoms. The maximum Gasteiger partial charge on any atom is 0.318 e. The summed E-state index contributed by atoms with van der Waals surface area (Å²) >= 11 is 0. The summed E-state index contributed by atoms with van der Waals surface area (Å²) in [6.07, 6.45) is 1.86. The predicted octanol–water partition coefficient (Wildman–Crippen LogP) is 0.911. The number of rotatable bonds is 7. The van der Waals surface area contributed by atoms with Crippen LogP contribution in [0.4, 0.5) is 0 Å². The maximum atomic E-state index is 11.8. The molecule has 1 atom stereocenters. The molecule has 0 aliphatic heterocycles. The van der Waals surface area contributed by atoms with Crippen LogP contribution in [0.3, 0.4) is 0 Å². The van der Waals surface area contributed by atoms with Crippen molar-refractivity contribution in [1.82, 2.24) is 4.31 Å². The average Bonchev–Trinajstić information content (AvgIpc) is 2.12. The molecule has 0 aliphatic carbocycles. The number of carboxylic acid groups (broad SMARTS) is 1. The lowest BCUT2D eigenvalue weighted by atomic mass is 10.2. The van der Waals surface area contributed by atoms with E-state index in [1.807, 2.05) is 6.92 Å². The van der Waals surface area contributed by atoms with E-state index in [2.05, 4.69) is 0 Å². The molecule has 0 spiro atoms. The van der Waals surface area contributed by atoms with Crippen molar-refractivity contribution in [3.63, 3.8) is 0 Å². The summed E-state index contributed by atoms with van der Waals surface area (Å²) < 4.78 is 24.6. The lowest BCUT2D eigenvalue weighted by Crippen LogP contribution is -2.38. The Morgan fingerprint density at radius 2 is 1.93 bits per heavy atom. The summed E-state index contributed by atoms with van der Waals surface area (Å²) in [7, 11) is -2.15. The number of carboxylic acids is 1. The van der Waals surface area contributed by atoms with Crippen LogP contribution < -0.4 is 0 Å². The van der Waals surface area contributed by atoms with Crippen LogP contribution in [-0.4, -0.2) is 42.6 Å². The second-order valence-corrected chi connectivity index (χ2v) is 5.83. The molecule has 6 heteroatoms. The number of carbonyl (C=O) groups is 1. The second kappa shape index (κ2) is 6.07. The van der Waals surface area contributed by atoms with Crippen molar-refractivity contribution in [1.29, 1.82) is 0 Å². The van der Waals surface area contributed by atoms with Gasteiger partial charge in [0, 0.05) is 7.05 Å². The van der Waals surface area contributed by atoms with E-state index >= 15 is 0 Å².